The Morgan fingerprint density at radius 2 is 2.00 bits per heavy atom. The van der Waals surface area contributed by atoms with Gasteiger partial charge in [-0.2, -0.15) is 0 Å². The molecule has 1 aromatic heterocycles. The lowest BCUT2D eigenvalue weighted by Gasteiger charge is -2.20. The van der Waals surface area contributed by atoms with E-state index in [9.17, 15) is 4.39 Å². The minimum absolute atomic E-state index is 0. The molecule has 0 aliphatic carbocycles. The van der Waals surface area contributed by atoms with E-state index < -0.39 is 0 Å². The quantitative estimate of drug-likeness (QED) is 0.246. The first kappa shape index (κ1) is 23.6. The fourth-order valence-electron chi connectivity index (χ4n) is 2.62. The maximum atomic E-state index is 13.8. The van der Waals surface area contributed by atoms with Gasteiger partial charge < -0.3 is 15.5 Å². The van der Waals surface area contributed by atoms with Crippen molar-refractivity contribution in [2.75, 3.05) is 31.6 Å². The van der Waals surface area contributed by atoms with E-state index in [-0.39, 0.29) is 29.8 Å². The first-order valence-electron chi connectivity index (χ1n) is 8.92. The number of hydrogen-bond donors (Lipinski definition) is 2. The van der Waals surface area contributed by atoms with Crippen molar-refractivity contribution in [2.45, 2.75) is 33.7 Å². The number of aryl methyl sites for hydroxylation is 2. The number of aliphatic imine (C=N–C) groups is 1. The van der Waals surface area contributed by atoms with Gasteiger partial charge in [-0.15, -0.1) is 35.3 Å². The second-order valence-electron chi connectivity index (χ2n) is 6.09. The van der Waals surface area contributed by atoms with Crippen LogP contribution in [0, 0.1) is 19.7 Å². The largest absolute Gasteiger partial charge is 0.372 e. The third-order valence-corrected chi connectivity index (χ3v) is 5.01. The fraction of sp³-hybridized carbons (Fsp3) is 0.474. The smallest absolute Gasteiger partial charge is 0.191 e. The van der Waals surface area contributed by atoms with Crippen LogP contribution in [0.4, 0.5) is 10.1 Å². The number of benzene rings is 1. The Morgan fingerprint density at radius 1 is 1.26 bits per heavy atom. The molecule has 2 N–H and O–H groups in total. The summed E-state index contributed by atoms with van der Waals surface area (Å²) in [5.41, 5.74) is 1.68. The number of thiazole rings is 1. The minimum Gasteiger partial charge on any atom is -0.372 e. The molecule has 150 valence electrons. The average Bonchev–Trinajstić information content (AvgIpc) is 2.94. The highest BCUT2D eigenvalue weighted by Gasteiger charge is 2.07. The summed E-state index contributed by atoms with van der Waals surface area (Å²) >= 11 is 1.69. The van der Waals surface area contributed by atoms with Crippen LogP contribution in [0.5, 0.6) is 0 Å². The molecule has 0 saturated heterocycles. The third-order valence-electron chi connectivity index (χ3n) is 3.95. The lowest BCUT2D eigenvalue weighted by Crippen LogP contribution is -2.38. The highest BCUT2D eigenvalue weighted by atomic mass is 127. The summed E-state index contributed by atoms with van der Waals surface area (Å²) in [7, 11) is 1.91. The van der Waals surface area contributed by atoms with E-state index >= 15 is 0 Å². The fourth-order valence-corrected chi connectivity index (χ4v) is 3.48. The molecule has 0 bridgehead atoms. The van der Waals surface area contributed by atoms with Crippen molar-refractivity contribution in [3.8, 4) is 0 Å². The second-order valence-corrected chi connectivity index (χ2v) is 7.38. The van der Waals surface area contributed by atoms with Crippen LogP contribution >= 0.6 is 35.3 Å². The van der Waals surface area contributed by atoms with Crippen LogP contribution < -0.4 is 15.5 Å². The van der Waals surface area contributed by atoms with Crippen molar-refractivity contribution >= 4 is 47.0 Å². The van der Waals surface area contributed by atoms with E-state index in [4.69, 9.17) is 0 Å². The maximum absolute atomic E-state index is 13.8. The SMILES string of the molecule is CCNC(=NCc1sc(C)nc1C)NCCCN(C)c1ccccc1F.I. The van der Waals surface area contributed by atoms with Crippen LogP contribution in [-0.2, 0) is 6.54 Å². The maximum Gasteiger partial charge on any atom is 0.191 e. The molecular formula is C19H29FIN5S. The molecule has 0 atom stereocenters. The molecule has 0 saturated carbocycles. The molecular weight excluding hydrogens is 476 g/mol. The van der Waals surface area contributed by atoms with Gasteiger partial charge in [0.15, 0.2) is 5.96 Å². The molecule has 0 radical (unpaired) electrons. The van der Waals surface area contributed by atoms with Crippen LogP contribution in [0.3, 0.4) is 0 Å². The van der Waals surface area contributed by atoms with Crippen molar-refractivity contribution in [3.63, 3.8) is 0 Å². The minimum atomic E-state index is -0.187. The van der Waals surface area contributed by atoms with Crippen LogP contribution in [0.1, 0.15) is 28.9 Å². The monoisotopic (exact) mass is 505 g/mol. The van der Waals surface area contributed by atoms with Crippen molar-refractivity contribution < 1.29 is 4.39 Å². The Kier molecular flexibility index (Phi) is 10.6. The van der Waals surface area contributed by atoms with E-state index in [0.717, 1.165) is 42.7 Å². The highest BCUT2D eigenvalue weighted by molar-refractivity contribution is 14.0. The Labute approximate surface area is 182 Å². The molecule has 0 spiro atoms. The molecule has 0 unspecified atom stereocenters. The number of nitrogens with zero attached hydrogens (tertiary/aromatic N) is 3. The highest BCUT2D eigenvalue weighted by Crippen LogP contribution is 2.18. The summed E-state index contributed by atoms with van der Waals surface area (Å²) in [4.78, 5) is 12.2. The van der Waals surface area contributed by atoms with E-state index in [1.165, 1.54) is 10.9 Å². The molecule has 1 heterocycles. The molecule has 0 aliphatic rings. The topological polar surface area (TPSA) is 52.6 Å². The van der Waals surface area contributed by atoms with Gasteiger partial charge in [0.1, 0.15) is 5.82 Å². The second kappa shape index (κ2) is 12.1. The predicted octanol–water partition coefficient (Wildman–Crippen LogP) is 4.10. The number of para-hydroxylation sites is 1. The van der Waals surface area contributed by atoms with E-state index in [1.54, 1.807) is 23.5 Å². The van der Waals surface area contributed by atoms with Gasteiger partial charge >= 0.3 is 0 Å². The van der Waals surface area contributed by atoms with Gasteiger partial charge in [-0.25, -0.2) is 14.4 Å². The number of hydrogen-bond acceptors (Lipinski definition) is 4. The van der Waals surface area contributed by atoms with Gasteiger partial charge in [-0.05, 0) is 39.3 Å². The molecule has 2 aromatic rings. The summed E-state index contributed by atoms with van der Waals surface area (Å²) in [6.07, 6.45) is 0.883. The van der Waals surface area contributed by atoms with E-state index in [0.29, 0.717) is 12.2 Å². The lowest BCUT2D eigenvalue weighted by molar-refractivity contribution is 0.619. The normalized spacial score (nSPS) is 11.1. The molecule has 5 nitrogen and oxygen atoms in total. The first-order valence-corrected chi connectivity index (χ1v) is 9.73. The summed E-state index contributed by atoms with van der Waals surface area (Å²) in [6.45, 7) is 9.05. The number of aromatic nitrogens is 1. The number of anilines is 1. The molecule has 1 aromatic carbocycles. The molecule has 27 heavy (non-hydrogen) atoms. The summed E-state index contributed by atoms with van der Waals surface area (Å²) in [6, 6.07) is 6.85. The van der Waals surface area contributed by atoms with Gasteiger partial charge in [-0.1, -0.05) is 12.1 Å². The zero-order valence-corrected chi connectivity index (χ0v) is 19.5. The van der Waals surface area contributed by atoms with Gasteiger partial charge in [0.2, 0.25) is 0 Å². The predicted molar refractivity (Wildman–Crippen MR) is 124 cm³/mol. The third kappa shape index (κ3) is 7.61. The van der Waals surface area contributed by atoms with Gasteiger partial charge in [-0.3, -0.25) is 0 Å². The summed E-state index contributed by atoms with van der Waals surface area (Å²) in [5, 5.41) is 7.67. The first-order chi connectivity index (χ1) is 12.5. The molecule has 2 rings (SSSR count). The van der Waals surface area contributed by atoms with Crippen molar-refractivity contribution in [1.82, 2.24) is 15.6 Å². The zero-order chi connectivity index (χ0) is 18.9. The number of halogens is 2. The standard InChI is InChI=1S/C19H28FN5S.HI/c1-5-21-19(23-13-18-14(2)24-15(3)26-18)22-11-8-12-25(4)17-10-7-6-9-16(17)20;/h6-7,9-10H,5,8,11-13H2,1-4H3,(H2,21,22,23);1H. The van der Waals surface area contributed by atoms with Gasteiger partial charge in [0.05, 0.1) is 22.9 Å². The molecule has 8 heteroatoms. The van der Waals surface area contributed by atoms with Crippen LogP contribution in [0.25, 0.3) is 0 Å². The van der Waals surface area contributed by atoms with Crippen LogP contribution in [0.15, 0.2) is 29.3 Å². The summed E-state index contributed by atoms with van der Waals surface area (Å²) < 4.78 is 13.8. The average molecular weight is 505 g/mol. The van der Waals surface area contributed by atoms with Gasteiger partial charge in [0, 0.05) is 31.6 Å². The number of rotatable bonds is 8. The van der Waals surface area contributed by atoms with Crippen molar-refractivity contribution in [2.24, 2.45) is 4.99 Å². The molecule has 0 fully saturated rings. The Morgan fingerprint density at radius 3 is 2.63 bits per heavy atom. The van der Waals surface area contributed by atoms with Crippen molar-refractivity contribution in [1.29, 1.82) is 0 Å². The Balaban J connectivity index is 0.00000364. The number of guanidine groups is 1. The Hall–Kier alpha value is -1.42. The zero-order valence-electron chi connectivity index (χ0n) is 16.4. The molecule has 0 aliphatic heterocycles. The number of nitrogens with one attached hydrogen (secondary N) is 2. The van der Waals surface area contributed by atoms with Crippen LogP contribution in [-0.4, -0.2) is 37.6 Å². The van der Waals surface area contributed by atoms with Gasteiger partial charge in [0.25, 0.3) is 0 Å². The summed E-state index contributed by atoms with van der Waals surface area (Å²) in [5.74, 6) is 0.611. The van der Waals surface area contributed by atoms with Crippen molar-refractivity contribution in [3.05, 3.63) is 45.7 Å². The van der Waals surface area contributed by atoms with E-state index in [1.807, 2.05) is 38.8 Å². The Bertz CT molecular complexity index is 735. The molecule has 0 amide bonds. The lowest BCUT2D eigenvalue weighted by atomic mass is 10.2. The van der Waals surface area contributed by atoms with Crippen LogP contribution in [0.2, 0.25) is 0 Å². The van der Waals surface area contributed by atoms with E-state index in [2.05, 4.69) is 20.6 Å².